The zero-order valence-corrected chi connectivity index (χ0v) is 11.3. The van der Waals surface area contributed by atoms with E-state index in [4.69, 9.17) is 11.6 Å². The largest absolute Gasteiger partial charge is 0.353 e. The van der Waals surface area contributed by atoms with E-state index in [9.17, 15) is 0 Å². The van der Waals surface area contributed by atoms with Gasteiger partial charge < -0.3 is 9.80 Å². The van der Waals surface area contributed by atoms with Crippen molar-refractivity contribution in [2.24, 2.45) is 0 Å². The van der Waals surface area contributed by atoms with Crippen LogP contribution >= 0.6 is 11.6 Å². The predicted octanol–water partition coefficient (Wildman–Crippen LogP) is 1.75. The molecular formula is C12H16ClN5. The monoisotopic (exact) mass is 265 g/mol. The molecule has 1 aliphatic heterocycles. The van der Waals surface area contributed by atoms with Crippen molar-refractivity contribution in [1.29, 1.82) is 0 Å². The Labute approximate surface area is 111 Å². The highest BCUT2D eigenvalue weighted by Crippen LogP contribution is 2.28. The lowest BCUT2D eigenvalue weighted by Crippen LogP contribution is -2.31. The molecule has 0 saturated carbocycles. The van der Waals surface area contributed by atoms with Gasteiger partial charge in [-0.2, -0.15) is 5.10 Å². The number of H-pyrrole nitrogens is 1. The van der Waals surface area contributed by atoms with E-state index in [0.717, 1.165) is 29.8 Å². The van der Waals surface area contributed by atoms with Gasteiger partial charge in [-0.25, -0.2) is 4.98 Å². The van der Waals surface area contributed by atoms with Gasteiger partial charge in [0.2, 0.25) is 0 Å². The fraction of sp³-hybridized carbons (Fsp3) is 0.500. The first kappa shape index (κ1) is 11.7. The summed E-state index contributed by atoms with van der Waals surface area (Å²) in [5.41, 5.74) is 0.943. The number of aromatic nitrogens is 3. The molecule has 3 rings (SSSR count). The van der Waals surface area contributed by atoms with E-state index < -0.39 is 0 Å². The molecule has 18 heavy (non-hydrogen) atoms. The Bertz CT molecular complexity index is 565. The van der Waals surface area contributed by atoms with Crippen LogP contribution in [0.5, 0.6) is 0 Å². The van der Waals surface area contributed by atoms with Crippen molar-refractivity contribution in [2.75, 3.05) is 32.1 Å². The number of fused-ring (bicyclic) bond motifs is 1. The van der Waals surface area contributed by atoms with Gasteiger partial charge in [0.25, 0.3) is 0 Å². The number of likely N-dealkylation sites (N-methyl/N-ethyl adjacent to an activating group) is 1. The van der Waals surface area contributed by atoms with Gasteiger partial charge in [-0.05, 0) is 20.5 Å². The average Bonchev–Trinajstić information content (AvgIpc) is 2.92. The molecule has 1 aliphatic rings. The minimum atomic E-state index is 0.491. The Morgan fingerprint density at radius 2 is 2.33 bits per heavy atom. The molecular weight excluding hydrogens is 250 g/mol. The maximum Gasteiger partial charge on any atom is 0.159 e. The first-order valence-electron chi connectivity index (χ1n) is 6.06. The minimum absolute atomic E-state index is 0.491. The zero-order valence-electron chi connectivity index (χ0n) is 10.5. The second-order valence-corrected chi connectivity index (χ2v) is 5.34. The fourth-order valence-corrected chi connectivity index (χ4v) is 2.63. The lowest BCUT2D eigenvalue weighted by molar-refractivity contribution is 0.315. The molecule has 1 N–H and O–H groups in total. The van der Waals surface area contributed by atoms with Crippen LogP contribution in [0.2, 0.25) is 5.15 Å². The van der Waals surface area contributed by atoms with Crippen molar-refractivity contribution < 1.29 is 0 Å². The van der Waals surface area contributed by atoms with Crippen LogP contribution in [0.4, 0.5) is 5.82 Å². The summed E-state index contributed by atoms with van der Waals surface area (Å²) in [7, 11) is 4.25. The Balaban J connectivity index is 1.91. The van der Waals surface area contributed by atoms with Gasteiger partial charge >= 0.3 is 0 Å². The summed E-state index contributed by atoms with van der Waals surface area (Å²) in [4.78, 5) is 8.71. The molecule has 6 heteroatoms. The van der Waals surface area contributed by atoms with Crippen molar-refractivity contribution in [3.63, 3.8) is 0 Å². The SMILES string of the molecule is CN(C)C1CCN(c2n[nH]c3cc(Cl)ncc23)C1. The first-order valence-corrected chi connectivity index (χ1v) is 6.44. The van der Waals surface area contributed by atoms with E-state index in [2.05, 4.69) is 39.1 Å². The molecule has 96 valence electrons. The topological polar surface area (TPSA) is 48.0 Å². The second-order valence-electron chi connectivity index (χ2n) is 4.95. The van der Waals surface area contributed by atoms with E-state index in [1.54, 1.807) is 6.20 Å². The van der Waals surface area contributed by atoms with Gasteiger partial charge in [0.05, 0.1) is 10.9 Å². The highest BCUT2D eigenvalue weighted by atomic mass is 35.5. The molecule has 5 nitrogen and oxygen atoms in total. The average molecular weight is 266 g/mol. The van der Waals surface area contributed by atoms with Crippen LogP contribution in [-0.2, 0) is 0 Å². The molecule has 2 aromatic rings. The predicted molar refractivity (Wildman–Crippen MR) is 73.2 cm³/mol. The number of pyridine rings is 1. The number of nitrogens with one attached hydrogen (secondary N) is 1. The molecule has 0 bridgehead atoms. The summed E-state index contributed by atoms with van der Waals surface area (Å²) in [6, 6.07) is 2.41. The van der Waals surface area contributed by atoms with E-state index >= 15 is 0 Å². The molecule has 3 heterocycles. The molecule has 1 fully saturated rings. The molecule has 2 aromatic heterocycles. The van der Waals surface area contributed by atoms with Crippen molar-refractivity contribution in [2.45, 2.75) is 12.5 Å². The Morgan fingerprint density at radius 3 is 3.06 bits per heavy atom. The van der Waals surface area contributed by atoms with Crippen LogP contribution in [0, 0.1) is 0 Å². The number of nitrogens with zero attached hydrogens (tertiary/aromatic N) is 4. The summed E-state index contributed by atoms with van der Waals surface area (Å²) < 4.78 is 0. The highest BCUT2D eigenvalue weighted by Gasteiger charge is 2.26. The zero-order chi connectivity index (χ0) is 12.7. The number of rotatable bonds is 2. The summed E-state index contributed by atoms with van der Waals surface area (Å²) in [5, 5.41) is 8.95. The smallest absolute Gasteiger partial charge is 0.159 e. The van der Waals surface area contributed by atoms with Crippen LogP contribution in [-0.4, -0.2) is 53.3 Å². The van der Waals surface area contributed by atoms with Gasteiger partial charge in [-0.15, -0.1) is 0 Å². The van der Waals surface area contributed by atoms with Crippen LogP contribution in [0.15, 0.2) is 12.3 Å². The van der Waals surface area contributed by atoms with Crippen LogP contribution in [0.3, 0.4) is 0 Å². The van der Waals surface area contributed by atoms with Crippen molar-refractivity contribution >= 4 is 28.3 Å². The lowest BCUT2D eigenvalue weighted by atomic mass is 10.2. The number of hydrogen-bond donors (Lipinski definition) is 1. The third-order valence-corrected chi connectivity index (χ3v) is 3.79. The first-order chi connectivity index (χ1) is 8.65. The van der Waals surface area contributed by atoms with Gasteiger partial charge in [-0.3, -0.25) is 5.10 Å². The lowest BCUT2D eigenvalue weighted by Gasteiger charge is -2.20. The Morgan fingerprint density at radius 1 is 1.50 bits per heavy atom. The van der Waals surface area contributed by atoms with Crippen LogP contribution in [0.1, 0.15) is 6.42 Å². The Kier molecular flexibility index (Phi) is 2.87. The van der Waals surface area contributed by atoms with Gasteiger partial charge in [0, 0.05) is 31.4 Å². The van der Waals surface area contributed by atoms with E-state index in [1.165, 1.54) is 6.42 Å². The van der Waals surface area contributed by atoms with E-state index in [1.807, 2.05) is 6.07 Å². The minimum Gasteiger partial charge on any atom is -0.353 e. The number of aromatic amines is 1. The standard InChI is InChI=1S/C12H16ClN5/c1-17(2)8-3-4-18(7-8)12-9-6-14-11(13)5-10(9)15-16-12/h5-6,8H,3-4,7H2,1-2H3,(H,15,16). The van der Waals surface area contributed by atoms with Crippen LogP contribution < -0.4 is 4.90 Å². The fourth-order valence-electron chi connectivity index (χ4n) is 2.47. The molecule has 0 aliphatic carbocycles. The molecule has 1 atom stereocenters. The number of anilines is 1. The summed E-state index contributed by atoms with van der Waals surface area (Å²) in [6.45, 7) is 2.04. The molecule has 0 radical (unpaired) electrons. The van der Waals surface area contributed by atoms with Gasteiger partial charge in [0.15, 0.2) is 5.82 Å². The van der Waals surface area contributed by atoms with Crippen molar-refractivity contribution in [3.8, 4) is 0 Å². The van der Waals surface area contributed by atoms with E-state index in [0.29, 0.717) is 11.2 Å². The summed E-state index contributed by atoms with van der Waals surface area (Å²) in [5.74, 6) is 0.985. The number of hydrogen-bond acceptors (Lipinski definition) is 4. The molecule has 0 spiro atoms. The Hall–Kier alpha value is -1.33. The molecule has 0 aromatic carbocycles. The maximum absolute atomic E-state index is 5.87. The second kappa shape index (κ2) is 4.40. The third kappa shape index (κ3) is 1.93. The van der Waals surface area contributed by atoms with E-state index in [-0.39, 0.29) is 0 Å². The van der Waals surface area contributed by atoms with Crippen molar-refractivity contribution in [3.05, 3.63) is 17.4 Å². The quantitative estimate of drug-likeness (QED) is 0.841. The normalized spacial score (nSPS) is 20.2. The third-order valence-electron chi connectivity index (χ3n) is 3.59. The van der Waals surface area contributed by atoms with Crippen LogP contribution in [0.25, 0.3) is 10.9 Å². The van der Waals surface area contributed by atoms with Crippen molar-refractivity contribution in [1.82, 2.24) is 20.1 Å². The molecule has 1 saturated heterocycles. The highest BCUT2D eigenvalue weighted by molar-refractivity contribution is 6.30. The number of halogens is 1. The van der Waals surface area contributed by atoms with Gasteiger partial charge in [0.1, 0.15) is 5.15 Å². The summed E-state index contributed by atoms with van der Waals surface area (Å²) in [6.07, 6.45) is 2.96. The molecule has 0 amide bonds. The van der Waals surface area contributed by atoms with Gasteiger partial charge in [-0.1, -0.05) is 11.6 Å². The summed E-state index contributed by atoms with van der Waals surface area (Å²) >= 11 is 5.87. The molecule has 1 unspecified atom stereocenters. The maximum atomic E-state index is 5.87.